The Kier molecular flexibility index (Phi) is 8.06. The van der Waals surface area contributed by atoms with Gasteiger partial charge < -0.3 is 19.9 Å². The molecule has 4 aromatic rings. The van der Waals surface area contributed by atoms with E-state index in [-0.39, 0.29) is 17.7 Å². The third-order valence-electron chi connectivity index (χ3n) is 7.21. The summed E-state index contributed by atoms with van der Waals surface area (Å²) >= 11 is 0. The maximum absolute atomic E-state index is 13.5. The molecular weight excluding hydrogens is 488 g/mol. The van der Waals surface area contributed by atoms with Gasteiger partial charge in [-0.15, -0.1) is 0 Å². The summed E-state index contributed by atoms with van der Waals surface area (Å²) in [6.07, 6.45) is 1.78. The van der Waals surface area contributed by atoms with E-state index in [9.17, 15) is 9.59 Å². The minimum Gasteiger partial charge on any atom is -0.457 e. The van der Waals surface area contributed by atoms with Gasteiger partial charge in [-0.25, -0.2) is 4.98 Å². The number of rotatable bonds is 8. The highest BCUT2D eigenvalue weighted by Gasteiger charge is 2.29. The SMILES string of the molecule is CCN(CC)C(=O)C1CCCN(c2cc(C(=O)Nc3ccc(Oc4ccccc4)cc3)c3ccccc3n2)C1. The highest BCUT2D eigenvalue weighted by atomic mass is 16.5. The number of carbonyl (C=O) groups excluding carboxylic acids is 2. The van der Waals surface area contributed by atoms with Gasteiger partial charge >= 0.3 is 0 Å². The fourth-order valence-corrected chi connectivity index (χ4v) is 5.12. The first-order valence-corrected chi connectivity index (χ1v) is 13.6. The molecule has 7 heteroatoms. The minimum absolute atomic E-state index is 0.0687. The first-order chi connectivity index (χ1) is 19.1. The number of pyridine rings is 1. The minimum atomic E-state index is -0.209. The zero-order valence-electron chi connectivity index (χ0n) is 22.5. The van der Waals surface area contributed by atoms with Gasteiger partial charge in [-0.3, -0.25) is 9.59 Å². The van der Waals surface area contributed by atoms with Gasteiger partial charge in [-0.05, 0) is 75.2 Å². The molecule has 0 aliphatic carbocycles. The Morgan fingerprint density at radius 2 is 1.64 bits per heavy atom. The molecule has 1 fully saturated rings. The molecule has 1 N–H and O–H groups in total. The van der Waals surface area contributed by atoms with Crippen molar-refractivity contribution in [1.82, 2.24) is 9.88 Å². The van der Waals surface area contributed by atoms with Gasteiger partial charge in [-0.1, -0.05) is 36.4 Å². The van der Waals surface area contributed by atoms with Crippen LogP contribution in [0, 0.1) is 5.92 Å². The largest absolute Gasteiger partial charge is 0.457 e. The van der Waals surface area contributed by atoms with Crippen LogP contribution in [0.4, 0.5) is 11.5 Å². The lowest BCUT2D eigenvalue weighted by molar-refractivity contribution is -0.135. The quantitative estimate of drug-likeness (QED) is 0.291. The summed E-state index contributed by atoms with van der Waals surface area (Å²) in [6.45, 7) is 6.86. The number of anilines is 2. The Morgan fingerprint density at radius 1 is 0.949 bits per heavy atom. The van der Waals surface area contributed by atoms with Crippen LogP contribution in [0.2, 0.25) is 0 Å². The van der Waals surface area contributed by atoms with Gasteiger partial charge in [0.25, 0.3) is 5.91 Å². The fourth-order valence-electron chi connectivity index (χ4n) is 5.12. The zero-order chi connectivity index (χ0) is 27.2. The Hall–Kier alpha value is -4.39. The molecule has 0 spiro atoms. The summed E-state index contributed by atoms with van der Waals surface area (Å²) < 4.78 is 5.86. The summed E-state index contributed by atoms with van der Waals surface area (Å²) in [5.74, 6) is 2.09. The molecule has 7 nitrogen and oxygen atoms in total. The predicted molar refractivity (Wildman–Crippen MR) is 156 cm³/mol. The van der Waals surface area contributed by atoms with Crippen LogP contribution in [0.3, 0.4) is 0 Å². The lowest BCUT2D eigenvalue weighted by atomic mass is 9.96. The van der Waals surface area contributed by atoms with E-state index >= 15 is 0 Å². The van der Waals surface area contributed by atoms with Crippen LogP contribution in [0.5, 0.6) is 11.5 Å². The van der Waals surface area contributed by atoms with E-state index in [1.807, 2.05) is 104 Å². The molecule has 1 atom stereocenters. The van der Waals surface area contributed by atoms with Gasteiger partial charge in [0.2, 0.25) is 5.91 Å². The van der Waals surface area contributed by atoms with E-state index < -0.39 is 0 Å². The Morgan fingerprint density at radius 3 is 2.38 bits per heavy atom. The number of hydrogen-bond donors (Lipinski definition) is 1. The topological polar surface area (TPSA) is 74.8 Å². The normalized spacial score (nSPS) is 15.1. The third-order valence-corrected chi connectivity index (χ3v) is 7.21. The van der Waals surface area contributed by atoms with Crippen LogP contribution < -0.4 is 15.0 Å². The molecule has 1 unspecified atom stereocenters. The van der Waals surface area contributed by atoms with E-state index in [4.69, 9.17) is 9.72 Å². The van der Waals surface area contributed by atoms with E-state index in [1.54, 1.807) is 0 Å². The molecule has 1 aromatic heterocycles. The Labute approximate surface area is 229 Å². The summed E-state index contributed by atoms with van der Waals surface area (Å²) in [5.41, 5.74) is 1.98. The van der Waals surface area contributed by atoms with Gasteiger partial charge in [0.1, 0.15) is 17.3 Å². The van der Waals surface area contributed by atoms with Crippen LogP contribution in [0.25, 0.3) is 10.9 Å². The average Bonchev–Trinajstić information content (AvgIpc) is 2.98. The zero-order valence-corrected chi connectivity index (χ0v) is 22.5. The smallest absolute Gasteiger partial charge is 0.256 e. The van der Waals surface area contributed by atoms with Crippen molar-refractivity contribution < 1.29 is 14.3 Å². The lowest BCUT2D eigenvalue weighted by Gasteiger charge is -2.35. The molecule has 2 amide bonds. The van der Waals surface area contributed by atoms with Gasteiger partial charge in [-0.2, -0.15) is 0 Å². The second-order valence-electron chi connectivity index (χ2n) is 9.73. The lowest BCUT2D eigenvalue weighted by Crippen LogP contribution is -2.45. The molecule has 0 saturated carbocycles. The first-order valence-electron chi connectivity index (χ1n) is 13.6. The number of aromatic nitrogens is 1. The van der Waals surface area contributed by atoms with Crippen molar-refractivity contribution in [2.45, 2.75) is 26.7 Å². The number of amides is 2. The maximum Gasteiger partial charge on any atom is 0.256 e. The van der Waals surface area contributed by atoms with Crippen LogP contribution in [-0.4, -0.2) is 47.9 Å². The number of fused-ring (bicyclic) bond motifs is 1. The second-order valence-corrected chi connectivity index (χ2v) is 9.73. The van der Waals surface area contributed by atoms with E-state index in [0.29, 0.717) is 36.6 Å². The number of para-hydroxylation sites is 2. The van der Waals surface area contributed by atoms with Crippen LogP contribution in [0.1, 0.15) is 37.0 Å². The average molecular weight is 523 g/mol. The fraction of sp³-hybridized carbons (Fsp3) is 0.281. The summed E-state index contributed by atoms with van der Waals surface area (Å²) in [6, 6.07) is 26.4. The molecule has 0 bridgehead atoms. The number of benzene rings is 3. The molecule has 0 radical (unpaired) electrons. The van der Waals surface area contributed by atoms with Crippen molar-refractivity contribution in [3.63, 3.8) is 0 Å². The van der Waals surface area contributed by atoms with Crippen molar-refractivity contribution in [3.05, 3.63) is 90.5 Å². The molecule has 39 heavy (non-hydrogen) atoms. The van der Waals surface area contributed by atoms with E-state index in [1.165, 1.54) is 0 Å². The van der Waals surface area contributed by atoms with Crippen molar-refractivity contribution in [1.29, 1.82) is 0 Å². The van der Waals surface area contributed by atoms with Crippen molar-refractivity contribution >= 4 is 34.2 Å². The van der Waals surface area contributed by atoms with E-state index in [0.717, 1.165) is 41.9 Å². The third kappa shape index (κ3) is 6.03. The Balaban J connectivity index is 1.36. The first kappa shape index (κ1) is 26.2. The van der Waals surface area contributed by atoms with Gasteiger partial charge in [0, 0.05) is 37.3 Å². The number of hydrogen-bond acceptors (Lipinski definition) is 5. The summed E-state index contributed by atoms with van der Waals surface area (Å²) in [7, 11) is 0. The molecule has 1 saturated heterocycles. The van der Waals surface area contributed by atoms with E-state index in [2.05, 4.69) is 10.2 Å². The molecule has 200 valence electrons. The maximum atomic E-state index is 13.5. The van der Waals surface area contributed by atoms with Gasteiger partial charge in [0.15, 0.2) is 0 Å². The second kappa shape index (κ2) is 12.0. The van der Waals surface area contributed by atoms with Crippen LogP contribution in [-0.2, 0) is 4.79 Å². The van der Waals surface area contributed by atoms with Crippen LogP contribution >= 0.6 is 0 Å². The predicted octanol–water partition coefficient (Wildman–Crippen LogP) is 6.36. The standard InChI is InChI=1S/C32H34N4O3/c1-3-35(4-2)32(38)23-11-10-20-36(22-23)30-21-28(27-14-8-9-15-29(27)34-30)31(37)33-24-16-18-26(19-17-24)39-25-12-6-5-7-13-25/h5-9,12-19,21,23H,3-4,10-11,20,22H2,1-2H3,(H,33,37). The van der Waals surface area contributed by atoms with Gasteiger partial charge in [0.05, 0.1) is 17.0 Å². The number of nitrogens with one attached hydrogen (secondary N) is 1. The monoisotopic (exact) mass is 522 g/mol. The number of piperidine rings is 1. The number of nitrogens with zero attached hydrogens (tertiary/aromatic N) is 3. The molecule has 1 aliphatic heterocycles. The van der Waals surface area contributed by atoms with Crippen molar-refractivity contribution in [2.75, 3.05) is 36.4 Å². The molecule has 2 heterocycles. The number of carbonyl (C=O) groups is 2. The van der Waals surface area contributed by atoms with Crippen LogP contribution in [0.15, 0.2) is 84.9 Å². The Bertz CT molecular complexity index is 1440. The van der Waals surface area contributed by atoms with Crippen molar-refractivity contribution in [2.24, 2.45) is 5.92 Å². The summed E-state index contributed by atoms with van der Waals surface area (Å²) in [5, 5.41) is 3.81. The summed E-state index contributed by atoms with van der Waals surface area (Å²) in [4.78, 5) is 35.5. The molecule has 1 aliphatic rings. The number of ether oxygens (including phenoxy) is 1. The molecule has 5 rings (SSSR count). The highest BCUT2D eigenvalue weighted by molar-refractivity contribution is 6.13. The molecular formula is C32H34N4O3. The molecule has 3 aromatic carbocycles. The highest BCUT2D eigenvalue weighted by Crippen LogP contribution is 2.29. The van der Waals surface area contributed by atoms with Crippen molar-refractivity contribution in [3.8, 4) is 11.5 Å².